The third-order valence-corrected chi connectivity index (χ3v) is 7.49. The van der Waals surface area contributed by atoms with Gasteiger partial charge in [0.05, 0.1) is 11.6 Å². The smallest absolute Gasteiger partial charge is 0.330 e. The molecular weight excluding hydrogens is 487 g/mol. The quantitative estimate of drug-likeness (QED) is 0.232. The van der Waals surface area contributed by atoms with Gasteiger partial charge in [0.2, 0.25) is 0 Å². The second-order valence-electron chi connectivity index (χ2n) is 8.15. The zero-order valence-electron chi connectivity index (χ0n) is 18.8. The van der Waals surface area contributed by atoms with E-state index < -0.39 is 23.4 Å². The Morgan fingerprint density at radius 1 is 1.18 bits per heavy atom. The largest absolute Gasteiger partial charge is 0.463 e. The zero-order chi connectivity index (χ0) is 24.8. The number of esters is 1. The van der Waals surface area contributed by atoms with Crippen LogP contribution in [0.4, 0.5) is 18.9 Å². The van der Waals surface area contributed by atoms with Crippen LogP contribution in [-0.4, -0.2) is 23.7 Å². The minimum atomic E-state index is -1.60. The first-order valence-corrected chi connectivity index (χ1v) is 12.2. The van der Waals surface area contributed by atoms with Gasteiger partial charge >= 0.3 is 5.97 Å². The molecule has 1 N–H and O–H groups in total. The van der Waals surface area contributed by atoms with Crippen molar-refractivity contribution in [1.29, 1.82) is 0 Å². The number of hydrogen-bond acceptors (Lipinski definition) is 4. The molecule has 0 radical (unpaired) electrons. The summed E-state index contributed by atoms with van der Waals surface area (Å²) in [4.78, 5) is 25.1. The van der Waals surface area contributed by atoms with Crippen LogP contribution in [0.1, 0.15) is 49.9 Å². The molecule has 9 heteroatoms. The van der Waals surface area contributed by atoms with Gasteiger partial charge in [0, 0.05) is 39.6 Å². The molecule has 3 rings (SSSR count). The first-order valence-electron chi connectivity index (χ1n) is 10.9. The van der Waals surface area contributed by atoms with Crippen LogP contribution in [0.25, 0.3) is 0 Å². The average Bonchev–Trinajstić information content (AvgIpc) is 3.19. The number of carbonyl (C=O) groups is 2. The fourth-order valence-electron chi connectivity index (χ4n) is 3.98. The summed E-state index contributed by atoms with van der Waals surface area (Å²) in [5, 5.41) is 3.12. The van der Waals surface area contributed by atoms with Crippen LogP contribution in [0.2, 0.25) is 5.02 Å². The molecule has 0 aromatic heterocycles. The summed E-state index contributed by atoms with van der Waals surface area (Å²) in [5.74, 6) is -4.97. The Morgan fingerprint density at radius 2 is 1.88 bits per heavy atom. The first kappa shape index (κ1) is 26.2. The van der Waals surface area contributed by atoms with Gasteiger partial charge in [-0.15, -0.1) is 11.8 Å². The van der Waals surface area contributed by atoms with Crippen molar-refractivity contribution in [1.82, 2.24) is 0 Å². The number of rotatable bonds is 8. The third-order valence-electron chi connectivity index (χ3n) is 5.54. The fourth-order valence-corrected chi connectivity index (χ4v) is 5.64. The summed E-state index contributed by atoms with van der Waals surface area (Å²) in [5.41, 5.74) is 1.02. The molecule has 0 bridgehead atoms. The number of nitrogens with one attached hydrogen (secondary N) is 1. The molecule has 182 valence electrons. The molecule has 34 heavy (non-hydrogen) atoms. The molecule has 1 aliphatic carbocycles. The lowest BCUT2D eigenvalue weighted by atomic mass is 9.98. The summed E-state index contributed by atoms with van der Waals surface area (Å²) < 4.78 is 45.1. The Hall–Kier alpha value is -2.45. The minimum Gasteiger partial charge on any atom is -0.463 e. The number of thioether (sulfide) groups is 1. The van der Waals surface area contributed by atoms with Gasteiger partial charge in [-0.05, 0) is 57.2 Å². The van der Waals surface area contributed by atoms with Crippen molar-refractivity contribution in [2.75, 3.05) is 11.9 Å². The second-order valence-corrected chi connectivity index (χ2v) is 9.84. The second kappa shape index (κ2) is 11.8. The Bertz CT molecular complexity index is 1090. The van der Waals surface area contributed by atoms with Crippen LogP contribution < -0.4 is 5.32 Å². The van der Waals surface area contributed by atoms with Crippen molar-refractivity contribution < 1.29 is 27.5 Å². The SMILES string of the molecule is CCOC(=O)/C=C(/C)CC1CCCC1Sc1cc(C(=O)Nc2cc(F)c(F)c(F)c2)ccc1Cl. The molecule has 2 aromatic rings. The third kappa shape index (κ3) is 6.79. The number of allylic oxidation sites excluding steroid dienone is 1. The van der Waals surface area contributed by atoms with Gasteiger partial charge in [0.1, 0.15) is 0 Å². The Kier molecular flexibility index (Phi) is 9.08. The number of carbonyl (C=O) groups excluding carboxylic acids is 2. The molecule has 0 spiro atoms. The molecule has 4 nitrogen and oxygen atoms in total. The van der Waals surface area contributed by atoms with Crippen molar-refractivity contribution in [3.63, 3.8) is 0 Å². The van der Waals surface area contributed by atoms with Crippen LogP contribution in [0.3, 0.4) is 0 Å². The van der Waals surface area contributed by atoms with Crippen molar-refractivity contribution in [2.45, 2.75) is 49.7 Å². The summed E-state index contributed by atoms with van der Waals surface area (Å²) in [6.45, 7) is 4.01. The van der Waals surface area contributed by atoms with E-state index in [4.69, 9.17) is 16.3 Å². The van der Waals surface area contributed by atoms with Crippen LogP contribution in [0.15, 0.2) is 46.9 Å². The normalized spacial score (nSPS) is 18.1. The monoisotopic (exact) mass is 511 g/mol. The van der Waals surface area contributed by atoms with Crippen molar-refractivity contribution >= 4 is 40.9 Å². The minimum absolute atomic E-state index is 0.190. The van der Waals surface area contributed by atoms with E-state index in [0.717, 1.165) is 48.3 Å². The summed E-state index contributed by atoms with van der Waals surface area (Å²) >= 11 is 7.97. The maximum absolute atomic E-state index is 13.5. The van der Waals surface area contributed by atoms with Crippen LogP contribution in [-0.2, 0) is 9.53 Å². The number of ether oxygens (including phenoxy) is 1. The molecule has 1 fully saturated rings. The van der Waals surface area contributed by atoms with E-state index in [9.17, 15) is 22.8 Å². The predicted molar refractivity (Wildman–Crippen MR) is 128 cm³/mol. The highest BCUT2D eigenvalue weighted by Gasteiger charge is 2.29. The Balaban J connectivity index is 1.71. The highest BCUT2D eigenvalue weighted by atomic mass is 35.5. The first-order chi connectivity index (χ1) is 16.2. The van der Waals surface area contributed by atoms with E-state index >= 15 is 0 Å². The van der Waals surface area contributed by atoms with E-state index in [1.165, 1.54) is 12.1 Å². The highest BCUT2D eigenvalue weighted by molar-refractivity contribution is 8.00. The maximum Gasteiger partial charge on any atom is 0.330 e. The molecule has 1 saturated carbocycles. The van der Waals surface area contributed by atoms with Gasteiger partial charge in [-0.25, -0.2) is 18.0 Å². The van der Waals surface area contributed by atoms with Gasteiger partial charge in [-0.2, -0.15) is 0 Å². The topological polar surface area (TPSA) is 55.4 Å². The molecule has 2 atom stereocenters. The van der Waals surface area contributed by atoms with Gasteiger partial charge in [-0.1, -0.05) is 23.6 Å². The van der Waals surface area contributed by atoms with E-state index in [1.807, 2.05) is 6.92 Å². The molecule has 0 saturated heterocycles. The predicted octanol–water partition coefficient (Wildman–Crippen LogP) is 7.17. The zero-order valence-corrected chi connectivity index (χ0v) is 20.4. The van der Waals surface area contributed by atoms with Crippen LogP contribution in [0, 0.1) is 23.4 Å². The number of hydrogen-bond donors (Lipinski definition) is 1. The highest BCUT2D eigenvalue weighted by Crippen LogP contribution is 2.43. The molecule has 0 aliphatic heterocycles. The lowest BCUT2D eigenvalue weighted by molar-refractivity contribution is -0.137. The standard InChI is InChI=1S/C25H25ClF3NO3S/c1-3-33-23(31)10-14(2)9-15-5-4-6-21(15)34-22-11-16(7-8-18(22)26)25(32)30-17-12-19(27)24(29)20(28)13-17/h7-8,10-13,15,21H,3-6,9H2,1-2H3,(H,30,32)/b14-10-. The Labute approximate surface area is 205 Å². The van der Waals surface area contributed by atoms with Crippen molar-refractivity contribution in [3.05, 3.63) is 70.0 Å². The van der Waals surface area contributed by atoms with Crippen LogP contribution in [0.5, 0.6) is 0 Å². The number of benzene rings is 2. The summed E-state index contributed by atoms with van der Waals surface area (Å²) in [6, 6.07) is 6.18. The molecule has 1 aliphatic rings. The number of halogens is 4. The van der Waals surface area contributed by atoms with E-state index in [0.29, 0.717) is 17.5 Å². The van der Waals surface area contributed by atoms with E-state index in [-0.39, 0.29) is 22.5 Å². The van der Waals surface area contributed by atoms with Crippen molar-refractivity contribution in [3.8, 4) is 0 Å². The fraction of sp³-hybridized carbons (Fsp3) is 0.360. The van der Waals surface area contributed by atoms with Crippen molar-refractivity contribution in [2.24, 2.45) is 5.92 Å². The number of anilines is 1. The summed E-state index contributed by atoms with van der Waals surface area (Å²) in [7, 11) is 0. The van der Waals surface area contributed by atoms with Gasteiger partial charge in [0.25, 0.3) is 5.91 Å². The average molecular weight is 512 g/mol. The van der Waals surface area contributed by atoms with E-state index in [2.05, 4.69) is 5.32 Å². The summed E-state index contributed by atoms with van der Waals surface area (Å²) in [6.07, 6.45) is 5.33. The molecule has 2 unspecified atom stereocenters. The lowest BCUT2D eigenvalue weighted by Crippen LogP contribution is -2.14. The molecule has 2 aromatic carbocycles. The maximum atomic E-state index is 13.5. The van der Waals surface area contributed by atoms with Crippen LogP contribution >= 0.6 is 23.4 Å². The molecular formula is C25H25ClF3NO3S. The number of amides is 1. The molecule has 1 amide bonds. The Morgan fingerprint density at radius 3 is 2.56 bits per heavy atom. The van der Waals surface area contributed by atoms with Gasteiger partial charge in [-0.3, -0.25) is 4.79 Å². The van der Waals surface area contributed by atoms with E-state index in [1.54, 1.807) is 30.8 Å². The molecule has 0 heterocycles. The lowest BCUT2D eigenvalue weighted by Gasteiger charge is -2.20. The van der Waals surface area contributed by atoms with Gasteiger partial charge < -0.3 is 10.1 Å². The van der Waals surface area contributed by atoms with Gasteiger partial charge in [0.15, 0.2) is 17.5 Å².